The number of ether oxygens (including phenoxy) is 1. The van der Waals surface area contributed by atoms with E-state index in [1.165, 1.54) is 0 Å². The Morgan fingerprint density at radius 3 is 1.63 bits per heavy atom. The van der Waals surface area contributed by atoms with Gasteiger partial charge >= 0.3 is 11.9 Å². The lowest BCUT2D eigenvalue weighted by Gasteiger charge is -2.15. The summed E-state index contributed by atoms with van der Waals surface area (Å²) in [5, 5.41) is 9.02. The van der Waals surface area contributed by atoms with Crippen LogP contribution in [-0.4, -0.2) is 23.1 Å². The molecule has 0 fully saturated rings. The number of allylic oxidation sites excluding steroid dienone is 12. The Labute approximate surface area is 214 Å². The predicted octanol–water partition coefficient (Wildman–Crippen LogP) is 8.82. The number of rotatable bonds is 22. The minimum atomic E-state index is -0.921. The Morgan fingerprint density at radius 1 is 0.686 bits per heavy atom. The molecule has 35 heavy (non-hydrogen) atoms. The molecule has 1 unspecified atom stereocenters. The Morgan fingerprint density at radius 2 is 1.17 bits per heavy atom. The van der Waals surface area contributed by atoms with E-state index in [-0.39, 0.29) is 18.8 Å². The summed E-state index contributed by atoms with van der Waals surface area (Å²) in [7, 11) is 0. The molecule has 0 amide bonds. The van der Waals surface area contributed by atoms with Gasteiger partial charge in [0.15, 0.2) is 0 Å². The molecule has 0 rings (SSSR count). The molecule has 4 nitrogen and oxygen atoms in total. The van der Waals surface area contributed by atoms with Crippen LogP contribution in [-0.2, 0) is 14.3 Å². The first kappa shape index (κ1) is 32.4. The van der Waals surface area contributed by atoms with E-state index in [1.54, 1.807) is 0 Å². The number of carboxylic acid groups (broad SMARTS) is 1. The zero-order valence-electron chi connectivity index (χ0n) is 22.1. The zero-order chi connectivity index (χ0) is 25.8. The molecular weight excluding hydrogens is 436 g/mol. The van der Waals surface area contributed by atoms with Gasteiger partial charge in [0.25, 0.3) is 0 Å². The maximum atomic E-state index is 12.0. The SMILES string of the molecule is CC/C=C\C/C=C\C/C=C\C/C=C\C/C=C\C/C=C\CCC(=O)OC(CCCCCC)CC(=O)O. The highest BCUT2D eigenvalue weighted by molar-refractivity contribution is 5.71. The molecule has 4 heteroatoms. The average Bonchev–Trinajstić information content (AvgIpc) is 2.82. The Bertz CT molecular complexity index is 695. The van der Waals surface area contributed by atoms with Gasteiger partial charge in [-0.25, -0.2) is 0 Å². The van der Waals surface area contributed by atoms with Gasteiger partial charge in [0, 0.05) is 6.42 Å². The monoisotopic (exact) mass is 484 g/mol. The maximum Gasteiger partial charge on any atom is 0.307 e. The van der Waals surface area contributed by atoms with Gasteiger partial charge in [-0.05, 0) is 57.8 Å². The molecule has 0 heterocycles. The minimum Gasteiger partial charge on any atom is -0.481 e. The van der Waals surface area contributed by atoms with Crippen LogP contribution in [0.1, 0.15) is 104 Å². The zero-order valence-corrected chi connectivity index (χ0v) is 22.1. The largest absolute Gasteiger partial charge is 0.481 e. The van der Waals surface area contributed by atoms with E-state index < -0.39 is 12.1 Å². The van der Waals surface area contributed by atoms with Gasteiger partial charge in [-0.2, -0.15) is 0 Å². The molecule has 0 bridgehead atoms. The summed E-state index contributed by atoms with van der Waals surface area (Å²) in [6.07, 6.45) is 36.7. The van der Waals surface area contributed by atoms with Gasteiger partial charge < -0.3 is 9.84 Å². The van der Waals surface area contributed by atoms with E-state index in [9.17, 15) is 9.59 Å². The number of carbonyl (C=O) groups is 2. The number of aliphatic carboxylic acids is 1. The minimum absolute atomic E-state index is 0.113. The third-order valence-electron chi connectivity index (χ3n) is 5.19. The topological polar surface area (TPSA) is 63.6 Å². The second-order valence-electron chi connectivity index (χ2n) is 8.51. The van der Waals surface area contributed by atoms with E-state index in [0.29, 0.717) is 12.8 Å². The second-order valence-corrected chi connectivity index (χ2v) is 8.51. The van der Waals surface area contributed by atoms with E-state index in [0.717, 1.165) is 64.2 Å². The molecule has 0 aromatic rings. The van der Waals surface area contributed by atoms with Crippen molar-refractivity contribution in [2.75, 3.05) is 0 Å². The van der Waals surface area contributed by atoms with Crippen LogP contribution in [0.25, 0.3) is 0 Å². The number of esters is 1. The van der Waals surface area contributed by atoms with Crippen LogP contribution in [0.2, 0.25) is 0 Å². The summed E-state index contributed by atoms with van der Waals surface area (Å²) in [6.45, 7) is 4.27. The lowest BCUT2D eigenvalue weighted by atomic mass is 10.1. The van der Waals surface area contributed by atoms with E-state index in [1.807, 2.05) is 12.2 Å². The Balaban J connectivity index is 3.87. The second kappa shape index (κ2) is 26.0. The number of hydrogen-bond acceptors (Lipinski definition) is 3. The molecular formula is C31H48O4. The molecule has 0 aliphatic carbocycles. The van der Waals surface area contributed by atoms with Gasteiger partial charge in [0.1, 0.15) is 6.10 Å². The van der Waals surface area contributed by atoms with Crippen molar-refractivity contribution in [3.63, 3.8) is 0 Å². The van der Waals surface area contributed by atoms with Crippen molar-refractivity contribution >= 4 is 11.9 Å². The van der Waals surface area contributed by atoms with Crippen LogP contribution in [0, 0.1) is 0 Å². The third kappa shape index (κ3) is 25.8. The molecule has 1 N–H and O–H groups in total. The molecule has 0 aliphatic rings. The lowest BCUT2D eigenvalue weighted by Crippen LogP contribution is -2.21. The number of carbonyl (C=O) groups excluding carboxylic acids is 1. The van der Waals surface area contributed by atoms with Crippen LogP contribution in [0.4, 0.5) is 0 Å². The van der Waals surface area contributed by atoms with Gasteiger partial charge in [-0.3, -0.25) is 9.59 Å². The summed E-state index contributed by atoms with van der Waals surface area (Å²) in [4.78, 5) is 23.0. The van der Waals surface area contributed by atoms with Crippen LogP contribution in [0.5, 0.6) is 0 Å². The Kier molecular flexibility index (Phi) is 24.0. The van der Waals surface area contributed by atoms with E-state index in [4.69, 9.17) is 9.84 Å². The standard InChI is InChI=1S/C31H48O4/c1-3-5-7-9-10-11-12-13-14-15-16-17-18-19-20-21-22-23-25-27-31(34)35-29(28-30(32)33)26-24-8-6-4-2/h5,7,10-11,13-14,16-17,19-20,22-23,29H,3-4,6,8-9,12,15,18,21,24-28H2,1-2H3,(H,32,33)/b7-5-,11-10-,14-13-,17-16-,20-19-,23-22-. The first-order valence-corrected chi connectivity index (χ1v) is 13.4. The van der Waals surface area contributed by atoms with Crippen LogP contribution in [0.15, 0.2) is 72.9 Å². The fourth-order valence-electron chi connectivity index (χ4n) is 3.28. The number of carboxylic acids is 1. The average molecular weight is 485 g/mol. The first-order valence-electron chi connectivity index (χ1n) is 13.4. The van der Waals surface area contributed by atoms with Crippen LogP contribution < -0.4 is 0 Å². The summed E-state index contributed by atoms with van der Waals surface area (Å²) < 4.78 is 5.39. The summed E-state index contributed by atoms with van der Waals surface area (Å²) in [5.41, 5.74) is 0. The Hall–Kier alpha value is -2.62. The normalized spacial score (nSPS) is 13.4. The summed E-state index contributed by atoms with van der Waals surface area (Å²) in [6, 6.07) is 0. The molecule has 0 spiro atoms. The quantitative estimate of drug-likeness (QED) is 0.0947. The summed E-state index contributed by atoms with van der Waals surface area (Å²) in [5.74, 6) is -1.23. The van der Waals surface area contributed by atoms with Crippen molar-refractivity contribution in [3.8, 4) is 0 Å². The van der Waals surface area contributed by atoms with Crippen LogP contribution in [0.3, 0.4) is 0 Å². The highest BCUT2D eigenvalue weighted by atomic mass is 16.5. The molecule has 0 aromatic carbocycles. The molecule has 0 aromatic heterocycles. The van der Waals surface area contributed by atoms with Gasteiger partial charge in [0.2, 0.25) is 0 Å². The molecule has 196 valence electrons. The van der Waals surface area contributed by atoms with Crippen molar-refractivity contribution < 1.29 is 19.4 Å². The molecule has 0 aliphatic heterocycles. The van der Waals surface area contributed by atoms with Crippen molar-refractivity contribution in [3.05, 3.63) is 72.9 Å². The van der Waals surface area contributed by atoms with Crippen molar-refractivity contribution in [1.29, 1.82) is 0 Å². The fraction of sp³-hybridized carbons (Fsp3) is 0.548. The molecule has 0 radical (unpaired) electrons. The molecule has 0 saturated carbocycles. The highest BCUT2D eigenvalue weighted by Gasteiger charge is 2.17. The van der Waals surface area contributed by atoms with E-state index >= 15 is 0 Å². The van der Waals surface area contributed by atoms with Gasteiger partial charge in [0.05, 0.1) is 6.42 Å². The van der Waals surface area contributed by atoms with Crippen molar-refractivity contribution in [1.82, 2.24) is 0 Å². The number of hydrogen-bond donors (Lipinski definition) is 1. The van der Waals surface area contributed by atoms with Gasteiger partial charge in [-0.15, -0.1) is 0 Å². The predicted molar refractivity (Wildman–Crippen MR) is 148 cm³/mol. The first-order chi connectivity index (χ1) is 17.1. The maximum absolute atomic E-state index is 12.0. The lowest BCUT2D eigenvalue weighted by molar-refractivity contribution is -0.153. The van der Waals surface area contributed by atoms with Crippen molar-refractivity contribution in [2.24, 2.45) is 0 Å². The highest BCUT2D eigenvalue weighted by Crippen LogP contribution is 2.13. The van der Waals surface area contributed by atoms with Gasteiger partial charge in [-0.1, -0.05) is 106 Å². The third-order valence-corrected chi connectivity index (χ3v) is 5.19. The number of unbranched alkanes of at least 4 members (excludes halogenated alkanes) is 3. The van der Waals surface area contributed by atoms with E-state index in [2.05, 4.69) is 74.6 Å². The fourth-order valence-corrected chi connectivity index (χ4v) is 3.28. The molecule has 0 saturated heterocycles. The molecule has 1 atom stereocenters. The van der Waals surface area contributed by atoms with Crippen molar-refractivity contribution in [2.45, 2.75) is 110 Å². The van der Waals surface area contributed by atoms with Crippen LogP contribution >= 0.6 is 0 Å². The summed E-state index contributed by atoms with van der Waals surface area (Å²) >= 11 is 0. The smallest absolute Gasteiger partial charge is 0.307 e.